The summed E-state index contributed by atoms with van der Waals surface area (Å²) in [6, 6.07) is 0. The van der Waals surface area contributed by atoms with Crippen LogP contribution >= 0.6 is 35.2 Å². The molecule has 26 nitrogen and oxygen atoms in total. The lowest BCUT2D eigenvalue weighted by Gasteiger charge is -2.30. The van der Waals surface area contributed by atoms with E-state index in [0.29, 0.717) is 0 Å². The Balaban J connectivity index is 1.50. The highest BCUT2D eigenvalue weighted by Gasteiger charge is 2.50. The first-order chi connectivity index (χ1) is 25.3. The third-order valence-corrected chi connectivity index (χ3v) is 11.6. The third-order valence-electron chi connectivity index (χ3n) is 7.47. The molecule has 0 bridgehead atoms. The predicted octanol–water partition coefficient (Wildman–Crippen LogP) is -1.61. The van der Waals surface area contributed by atoms with E-state index in [0.717, 1.165) is 29.0 Å². The van der Waals surface area contributed by atoms with Gasteiger partial charge in [-0.05, 0) is 6.92 Å². The summed E-state index contributed by atoms with van der Waals surface area (Å²) in [7, 11) is -16.4. The number of aliphatic carboxylic acids is 1. The smallest absolute Gasteiger partial charge is 0.481 e. The predicted molar refractivity (Wildman–Crippen MR) is 184 cm³/mol. The van der Waals surface area contributed by atoms with E-state index in [4.69, 9.17) is 24.6 Å². The second-order valence-electron chi connectivity index (χ2n) is 12.3. The van der Waals surface area contributed by atoms with Crippen LogP contribution in [0.25, 0.3) is 11.2 Å². The summed E-state index contributed by atoms with van der Waals surface area (Å²) >= 11 is 0.726. The lowest BCUT2D eigenvalue weighted by molar-refractivity contribution is -0.143. The van der Waals surface area contributed by atoms with Crippen molar-refractivity contribution in [2.45, 2.75) is 57.8 Å². The molecule has 2 amide bonds. The molecular weight excluding hydrogens is 827 g/mol. The fourth-order valence-electron chi connectivity index (χ4n) is 4.51. The van der Waals surface area contributed by atoms with Gasteiger partial charge in [0.05, 0.1) is 19.5 Å². The molecule has 0 spiro atoms. The van der Waals surface area contributed by atoms with E-state index < -0.39 is 102 Å². The number of phosphoric acid groups is 3. The summed E-state index contributed by atoms with van der Waals surface area (Å²) in [5.74, 6) is -4.01. The number of carbonyl (C=O) groups is 4. The number of amides is 2. The Labute approximate surface area is 314 Å². The summed E-state index contributed by atoms with van der Waals surface area (Å²) in [6.45, 7) is 1.35. The second kappa shape index (κ2) is 19.0. The SMILES string of the molecule is C[C@H](C(=O)O)C(=O)SCCNC(=O)CCNC(=O)[C@H](O)C(C)(C)COP(=O)(O)OP(=O)(O)OCC1OC(n2cnc3c(N)ncnc32)C(O)C1OP(=O)(O)O. The molecule has 0 radical (unpaired) electrons. The van der Waals surface area contributed by atoms with Crippen LogP contribution in [0, 0.1) is 11.3 Å². The number of ether oxygens (including phenoxy) is 1. The highest BCUT2D eigenvalue weighted by molar-refractivity contribution is 8.13. The molecule has 1 fully saturated rings. The number of aliphatic hydroxyl groups is 2. The van der Waals surface area contributed by atoms with Crippen LogP contribution < -0.4 is 16.4 Å². The normalized spacial score (nSPS) is 22.3. The number of carboxylic acids is 1. The number of aromatic nitrogens is 4. The maximum absolute atomic E-state index is 12.6. The van der Waals surface area contributed by atoms with Crippen molar-refractivity contribution in [1.82, 2.24) is 30.2 Å². The number of hydrogen-bond donors (Lipinski definition) is 10. The van der Waals surface area contributed by atoms with E-state index in [1.54, 1.807) is 0 Å². The summed E-state index contributed by atoms with van der Waals surface area (Å²) in [5.41, 5.74) is 4.19. The molecule has 3 heterocycles. The molecule has 11 N–H and O–H groups in total. The number of fused-ring (bicyclic) bond motifs is 1. The fraction of sp³-hybridized carbons (Fsp3) is 0.640. The van der Waals surface area contributed by atoms with Crippen molar-refractivity contribution in [2.24, 2.45) is 11.3 Å². The van der Waals surface area contributed by atoms with Gasteiger partial charge in [-0.15, -0.1) is 0 Å². The van der Waals surface area contributed by atoms with Gasteiger partial charge >= 0.3 is 29.4 Å². The van der Waals surface area contributed by atoms with E-state index in [9.17, 15) is 62.7 Å². The molecule has 3 rings (SSSR count). The average Bonchev–Trinajstić information content (AvgIpc) is 3.64. The standard InChI is InChI=1S/C25H40N7O19P3S/c1-12(23(37)38)24(39)55-7-6-27-14(33)4-5-28-21(36)18(35)25(2,3)9-48-54(45,46)51-53(43,44)47-8-13-17(50-52(40,41)42)16(34)22(49-13)32-11-31-15-19(26)29-10-30-20(15)32/h10-13,16-18,22,34-35H,4-9H2,1-3H3,(H,27,33)(H,28,36)(H,37,38)(H,43,44)(H,45,46)(H2,26,29,30)(H2,40,41,42)/t12-,13?,16?,17?,18+,22?/m1/s1. The van der Waals surface area contributed by atoms with Crippen molar-refractivity contribution >= 4 is 75.1 Å². The number of imidazole rings is 1. The maximum atomic E-state index is 12.6. The van der Waals surface area contributed by atoms with Gasteiger partial charge in [0, 0.05) is 30.7 Å². The van der Waals surface area contributed by atoms with Crippen molar-refractivity contribution < 1.29 is 90.4 Å². The van der Waals surface area contributed by atoms with E-state index in [2.05, 4.69) is 34.4 Å². The summed E-state index contributed by atoms with van der Waals surface area (Å²) < 4.78 is 61.9. The van der Waals surface area contributed by atoms with Gasteiger partial charge in [-0.1, -0.05) is 25.6 Å². The summed E-state index contributed by atoms with van der Waals surface area (Å²) in [6.07, 6.45) is -7.13. The zero-order valence-electron chi connectivity index (χ0n) is 29.0. The van der Waals surface area contributed by atoms with Crippen LogP contribution in [0.3, 0.4) is 0 Å². The first-order valence-corrected chi connectivity index (χ1v) is 21.1. The van der Waals surface area contributed by atoms with Gasteiger partial charge < -0.3 is 56.0 Å². The van der Waals surface area contributed by atoms with Crippen molar-refractivity contribution in [3.05, 3.63) is 12.7 Å². The minimum absolute atomic E-state index is 0.0183. The molecule has 1 saturated heterocycles. The topological polar surface area (TPSA) is 401 Å². The Morgan fingerprint density at radius 3 is 2.35 bits per heavy atom. The van der Waals surface area contributed by atoms with Crippen LogP contribution in [0.5, 0.6) is 0 Å². The number of rotatable bonds is 21. The molecule has 1 aliphatic rings. The van der Waals surface area contributed by atoms with Crippen LogP contribution in [-0.2, 0) is 55.5 Å². The lowest BCUT2D eigenvalue weighted by Crippen LogP contribution is -2.46. The molecular formula is C25H40N7O19P3S. The summed E-state index contributed by atoms with van der Waals surface area (Å²) in [5, 5.41) is 34.3. The molecule has 0 saturated carbocycles. The Kier molecular flexibility index (Phi) is 16.0. The maximum Gasteiger partial charge on any atom is 0.481 e. The number of nitrogens with two attached hydrogens (primary N) is 1. The minimum atomic E-state index is -5.59. The molecule has 0 aromatic carbocycles. The molecule has 8 atom stereocenters. The highest BCUT2D eigenvalue weighted by atomic mass is 32.2. The number of nitrogens with one attached hydrogen (secondary N) is 2. The molecule has 0 aliphatic carbocycles. The zero-order valence-corrected chi connectivity index (χ0v) is 32.5. The number of carbonyl (C=O) groups excluding carboxylic acids is 3. The first kappa shape index (κ1) is 46.4. The Morgan fingerprint density at radius 1 is 1.05 bits per heavy atom. The fourth-order valence-corrected chi connectivity index (χ4v) is 8.09. The number of hydrogen-bond acceptors (Lipinski definition) is 19. The second-order valence-corrected chi connectivity index (χ2v) is 17.6. The van der Waals surface area contributed by atoms with Gasteiger partial charge in [0.2, 0.25) is 16.9 Å². The van der Waals surface area contributed by atoms with Gasteiger partial charge in [0.1, 0.15) is 42.2 Å². The number of phosphoric ester groups is 3. The van der Waals surface area contributed by atoms with E-state index in [-0.39, 0.29) is 42.2 Å². The van der Waals surface area contributed by atoms with E-state index in [1.807, 2.05) is 0 Å². The van der Waals surface area contributed by atoms with Gasteiger partial charge in [-0.25, -0.2) is 28.6 Å². The van der Waals surface area contributed by atoms with Crippen LogP contribution in [-0.4, -0.2) is 134 Å². The molecule has 310 valence electrons. The van der Waals surface area contributed by atoms with Gasteiger partial charge in [0.25, 0.3) is 0 Å². The van der Waals surface area contributed by atoms with Crippen molar-refractivity contribution in [2.75, 3.05) is 37.8 Å². The van der Waals surface area contributed by atoms with Crippen LogP contribution in [0.1, 0.15) is 33.4 Å². The number of nitrogens with zero attached hydrogens (tertiary/aromatic N) is 4. The monoisotopic (exact) mass is 867 g/mol. The Bertz CT molecular complexity index is 1860. The Hall–Kier alpha value is -2.97. The van der Waals surface area contributed by atoms with Crippen molar-refractivity contribution in [3.63, 3.8) is 0 Å². The molecule has 1 aliphatic heterocycles. The third kappa shape index (κ3) is 13.6. The average molecular weight is 868 g/mol. The van der Waals surface area contributed by atoms with E-state index >= 15 is 0 Å². The highest BCUT2D eigenvalue weighted by Crippen LogP contribution is 2.61. The molecule has 6 unspecified atom stereocenters. The first-order valence-electron chi connectivity index (χ1n) is 15.6. The van der Waals surface area contributed by atoms with E-state index in [1.165, 1.54) is 20.8 Å². The van der Waals surface area contributed by atoms with Crippen LogP contribution in [0.2, 0.25) is 0 Å². The number of carboxylic acid groups (broad SMARTS) is 1. The quantitative estimate of drug-likeness (QED) is 0.0383. The molecule has 55 heavy (non-hydrogen) atoms. The number of aliphatic hydroxyl groups excluding tert-OH is 2. The number of thioether (sulfide) groups is 1. The molecule has 2 aromatic rings. The van der Waals surface area contributed by atoms with Crippen molar-refractivity contribution in [3.8, 4) is 0 Å². The largest absolute Gasteiger partial charge is 0.481 e. The van der Waals surface area contributed by atoms with Crippen LogP contribution in [0.4, 0.5) is 5.82 Å². The van der Waals surface area contributed by atoms with Crippen molar-refractivity contribution in [1.29, 1.82) is 0 Å². The van der Waals surface area contributed by atoms with Gasteiger partial charge in [0.15, 0.2) is 17.7 Å². The van der Waals surface area contributed by atoms with Crippen LogP contribution in [0.15, 0.2) is 12.7 Å². The number of anilines is 1. The van der Waals surface area contributed by atoms with Gasteiger partial charge in [-0.3, -0.25) is 37.3 Å². The summed E-state index contributed by atoms with van der Waals surface area (Å²) in [4.78, 5) is 97.8. The Morgan fingerprint density at radius 2 is 1.71 bits per heavy atom. The lowest BCUT2D eigenvalue weighted by atomic mass is 9.87. The minimum Gasteiger partial charge on any atom is -0.481 e. The molecule has 30 heteroatoms. The molecule has 2 aromatic heterocycles. The van der Waals surface area contributed by atoms with Gasteiger partial charge in [-0.2, -0.15) is 4.31 Å². The number of nitrogen functional groups attached to an aromatic ring is 1. The zero-order chi connectivity index (χ0) is 41.5.